The molecule has 0 aliphatic carbocycles. The van der Waals surface area contributed by atoms with E-state index in [-0.39, 0.29) is 11.8 Å². The highest BCUT2D eigenvalue weighted by atomic mass is 19.1. The second-order valence-corrected chi connectivity index (χ2v) is 6.27. The number of carbonyl (C=O) groups is 2. The minimum absolute atomic E-state index is 0.107. The largest absolute Gasteiger partial charge is 0.497 e. The topological polar surface area (TPSA) is 67.4 Å². The first-order valence-electron chi connectivity index (χ1n) is 8.37. The van der Waals surface area contributed by atoms with Gasteiger partial charge in [0.1, 0.15) is 17.6 Å². The van der Waals surface area contributed by atoms with Crippen LogP contribution in [0.3, 0.4) is 0 Å². The zero-order chi connectivity index (χ0) is 19.1. The molecular formula is C20H23FN2O3. The van der Waals surface area contributed by atoms with Gasteiger partial charge in [0.2, 0.25) is 5.91 Å². The maximum absolute atomic E-state index is 13.0. The quantitative estimate of drug-likeness (QED) is 0.800. The molecule has 0 unspecified atom stereocenters. The Morgan fingerprint density at radius 2 is 1.81 bits per heavy atom. The molecule has 0 aliphatic rings. The number of amides is 2. The summed E-state index contributed by atoms with van der Waals surface area (Å²) in [5, 5.41) is 5.54. The molecule has 2 amide bonds. The summed E-state index contributed by atoms with van der Waals surface area (Å²) in [4.78, 5) is 24.8. The van der Waals surface area contributed by atoms with Gasteiger partial charge in [-0.25, -0.2) is 4.39 Å². The predicted octanol–water partition coefficient (Wildman–Crippen LogP) is 2.91. The number of carbonyl (C=O) groups excluding carboxylic acids is 2. The summed E-state index contributed by atoms with van der Waals surface area (Å²) in [5.41, 5.74) is 1.20. The van der Waals surface area contributed by atoms with E-state index < -0.39 is 17.8 Å². The van der Waals surface area contributed by atoms with Gasteiger partial charge in [0.15, 0.2) is 0 Å². The number of benzene rings is 2. The monoisotopic (exact) mass is 358 g/mol. The summed E-state index contributed by atoms with van der Waals surface area (Å²) in [6, 6.07) is 11.9. The average Bonchev–Trinajstić information content (AvgIpc) is 2.64. The molecule has 0 spiro atoms. The standard InChI is InChI=1S/C20H23FN2O3/c1-13(2)18(23-19(24)15-7-9-16(21)10-8-15)20(25)22-12-14-5-4-6-17(11-14)26-3/h4-11,13,18H,12H2,1-3H3,(H,22,25)(H,23,24)/t18-/m0/s1. The molecule has 6 heteroatoms. The van der Waals surface area contributed by atoms with Crippen molar-refractivity contribution in [3.63, 3.8) is 0 Å². The smallest absolute Gasteiger partial charge is 0.251 e. The van der Waals surface area contributed by atoms with Crippen molar-refractivity contribution in [3.8, 4) is 5.75 Å². The molecular weight excluding hydrogens is 335 g/mol. The third-order valence-electron chi connectivity index (χ3n) is 3.94. The molecule has 0 heterocycles. The van der Waals surface area contributed by atoms with Gasteiger partial charge in [-0.3, -0.25) is 9.59 Å². The summed E-state index contributed by atoms with van der Waals surface area (Å²) in [6.45, 7) is 4.02. The number of ether oxygens (including phenoxy) is 1. The normalized spacial score (nSPS) is 11.7. The van der Waals surface area contributed by atoms with Crippen LogP contribution in [0.2, 0.25) is 0 Å². The molecule has 0 aromatic heterocycles. The fourth-order valence-corrected chi connectivity index (χ4v) is 2.44. The Morgan fingerprint density at radius 1 is 1.12 bits per heavy atom. The van der Waals surface area contributed by atoms with Crippen LogP contribution in [0.4, 0.5) is 4.39 Å². The molecule has 0 aliphatic heterocycles. The van der Waals surface area contributed by atoms with Gasteiger partial charge in [-0.15, -0.1) is 0 Å². The van der Waals surface area contributed by atoms with Crippen LogP contribution < -0.4 is 15.4 Å². The van der Waals surface area contributed by atoms with Crippen molar-refractivity contribution in [2.24, 2.45) is 5.92 Å². The van der Waals surface area contributed by atoms with E-state index >= 15 is 0 Å². The molecule has 0 saturated carbocycles. The first kappa shape index (κ1) is 19.4. The fourth-order valence-electron chi connectivity index (χ4n) is 2.44. The van der Waals surface area contributed by atoms with Crippen LogP contribution in [0, 0.1) is 11.7 Å². The Hall–Kier alpha value is -2.89. The molecule has 2 rings (SSSR count). The van der Waals surface area contributed by atoms with Gasteiger partial charge >= 0.3 is 0 Å². The van der Waals surface area contributed by atoms with Crippen LogP contribution in [-0.2, 0) is 11.3 Å². The highest BCUT2D eigenvalue weighted by molar-refractivity contribution is 5.97. The van der Waals surface area contributed by atoms with E-state index in [1.807, 2.05) is 38.1 Å². The van der Waals surface area contributed by atoms with Crippen LogP contribution in [-0.4, -0.2) is 25.0 Å². The summed E-state index contributed by atoms with van der Waals surface area (Å²) in [6.07, 6.45) is 0. The molecule has 0 radical (unpaired) electrons. The molecule has 26 heavy (non-hydrogen) atoms. The van der Waals surface area contributed by atoms with Crippen molar-refractivity contribution >= 4 is 11.8 Å². The lowest BCUT2D eigenvalue weighted by Crippen LogP contribution is -2.49. The lowest BCUT2D eigenvalue weighted by Gasteiger charge is -2.22. The third-order valence-corrected chi connectivity index (χ3v) is 3.94. The fraction of sp³-hybridized carbons (Fsp3) is 0.300. The van der Waals surface area contributed by atoms with E-state index in [2.05, 4.69) is 10.6 Å². The summed E-state index contributed by atoms with van der Waals surface area (Å²) in [5.74, 6) is -0.511. The van der Waals surface area contributed by atoms with Crippen molar-refractivity contribution in [1.82, 2.24) is 10.6 Å². The maximum Gasteiger partial charge on any atom is 0.251 e. The van der Waals surface area contributed by atoms with Crippen LogP contribution >= 0.6 is 0 Å². The predicted molar refractivity (Wildman–Crippen MR) is 97.3 cm³/mol. The van der Waals surface area contributed by atoms with Crippen molar-refractivity contribution in [1.29, 1.82) is 0 Å². The van der Waals surface area contributed by atoms with Crippen molar-refractivity contribution < 1.29 is 18.7 Å². The molecule has 0 bridgehead atoms. The number of nitrogens with one attached hydrogen (secondary N) is 2. The minimum Gasteiger partial charge on any atom is -0.497 e. The third kappa shape index (κ3) is 5.31. The molecule has 2 aromatic rings. The minimum atomic E-state index is -0.696. The Labute approximate surface area is 152 Å². The van der Waals surface area contributed by atoms with Crippen LogP contribution in [0.25, 0.3) is 0 Å². The SMILES string of the molecule is COc1cccc(CNC(=O)[C@@H](NC(=O)c2ccc(F)cc2)C(C)C)c1. The van der Waals surface area contributed by atoms with Gasteiger partial charge in [0.25, 0.3) is 5.91 Å². The average molecular weight is 358 g/mol. The number of rotatable bonds is 7. The Morgan fingerprint density at radius 3 is 2.42 bits per heavy atom. The molecule has 138 valence electrons. The second-order valence-electron chi connectivity index (χ2n) is 6.27. The van der Waals surface area contributed by atoms with E-state index in [1.165, 1.54) is 24.3 Å². The summed E-state index contributed by atoms with van der Waals surface area (Å²) in [7, 11) is 1.58. The van der Waals surface area contributed by atoms with E-state index in [0.717, 1.165) is 5.56 Å². The highest BCUT2D eigenvalue weighted by Gasteiger charge is 2.24. The van der Waals surface area contributed by atoms with E-state index in [4.69, 9.17) is 4.74 Å². The first-order valence-corrected chi connectivity index (χ1v) is 8.37. The molecule has 2 N–H and O–H groups in total. The molecule has 5 nitrogen and oxygen atoms in total. The zero-order valence-corrected chi connectivity index (χ0v) is 15.1. The van der Waals surface area contributed by atoms with Gasteiger partial charge in [-0.1, -0.05) is 26.0 Å². The van der Waals surface area contributed by atoms with Crippen LogP contribution in [0.15, 0.2) is 48.5 Å². The van der Waals surface area contributed by atoms with Gasteiger partial charge in [0, 0.05) is 12.1 Å². The van der Waals surface area contributed by atoms with Crippen molar-refractivity contribution in [3.05, 3.63) is 65.5 Å². The highest BCUT2D eigenvalue weighted by Crippen LogP contribution is 2.12. The summed E-state index contributed by atoms with van der Waals surface area (Å²) >= 11 is 0. The Kier molecular flexibility index (Phi) is 6.72. The number of hydrogen-bond donors (Lipinski definition) is 2. The Balaban J connectivity index is 2.00. The zero-order valence-electron chi connectivity index (χ0n) is 15.1. The van der Waals surface area contributed by atoms with E-state index in [0.29, 0.717) is 17.9 Å². The van der Waals surface area contributed by atoms with Gasteiger partial charge < -0.3 is 15.4 Å². The van der Waals surface area contributed by atoms with Crippen LogP contribution in [0.1, 0.15) is 29.8 Å². The van der Waals surface area contributed by atoms with Crippen LogP contribution in [0.5, 0.6) is 5.75 Å². The molecule has 2 aromatic carbocycles. The first-order chi connectivity index (χ1) is 12.4. The number of methoxy groups -OCH3 is 1. The van der Waals surface area contributed by atoms with Gasteiger partial charge in [-0.2, -0.15) is 0 Å². The number of hydrogen-bond acceptors (Lipinski definition) is 3. The molecule has 0 fully saturated rings. The second kappa shape index (κ2) is 8.99. The maximum atomic E-state index is 13.0. The van der Waals surface area contributed by atoms with Gasteiger partial charge in [-0.05, 0) is 47.9 Å². The summed E-state index contributed by atoms with van der Waals surface area (Å²) < 4.78 is 18.1. The van der Waals surface area contributed by atoms with E-state index in [1.54, 1.807) is 7.11 Å². The lowest BCUT2D eigenvalue weighted by atomic mass is 10.0. The van der Waals surface area contributed by atoms with Crippen molar-refractivity contribution in [2.45, 2.75) is 26.4 Å². The molecule has 0 saturated heterocycles. The number of halogens is 1. The molecule has 1 atom stereocenters. The Bertz CT molecular complexity index is 760. The van der Waals surface area contributed by atoms with Gasteiger partial charge in [0.05, 0.1) is 7.11 Å². The van der Waals surface area contributed by atoms with E-state index in [9.17, 15) is 14.0 Å². The lowest BCUT2D eigenvalue weighted by molar-refractivity contribution is -0.124. The van der Waals surface area contributed by atoms with Crippen molar-refractivity contribution in [2.75, 3.05) is 7.11 Å².